The minimum atomic E-state index is 0.162. The molecule has 0 fully saturated rings. The molecule has 0 aliphatic rings. The third-order valence-electron chi connectivity index (χ3n) is 3.67. The normalized spacial score (nSPS) is 12.2. The van der Waals surface area contributed by atoms with Crippen LogP contribution in [0.4, 0.5) is 0 Å². The van der Waals surface area contributed by atoms with Crippen LogP contribution in [0, 0.1) is 13.8 Å². The van der Waals surface area contributed by atoms with Gasteiger partial charge in [-0.05, 0) is 55.3 Å². The number of aryl methyl sites for hydroxylation is 2. The highest BCUT2D eigenvalue weighted by Crippen LogP contribution is 2.31. The minimum Gasteiger partial charge on any atom is -0.497 e. The van der Waals surface area contributed by atoms with E-state index in [0.29, 0.717) is 0 Å². The van der Waals surface area contributed by atoms with Gasteiger partial charge in [0.05, 0.1) is 13.2 Å². The highest BCUT2D eigenvalue weighted by atomic mass is 79.9. The molecule has 0 heterocycles. The van der Waals surface area contributed by atoms with Crippen LogP contribution < -0.4 is 10.1 Å². The molecule has 2 rings (SSSR count). The van der Waals surface area contributed by atoms with E-state index in [-0.39, 0.29) is 6.04 Å². The van der Waals surface area contributed by atoms with Crippen molar-refractivity contribution in [1.82, 2.24) is 5.32 Å². The molecular weight excluding hydrogens is 314 g/mol. The molecule has 1 unspecified atom stereocenters. The summed E-state index contributed by atoms with van der Waals surface area (Å²) in [7, 11) is 3.66. The lowest BCUT2D eigenvalue weighted by Gasteiger charge is -2.20. The Labute approximate surface area is 129 Å². The molecular formula is C17H20BrNO. The quantitative estimate of drug-likeness (QED) is 0.896. The van der Waals surface area contributed by atoms with Crippen LogP contribution in [0.25, 0.3) is 0 Å². The summed E-state index contributed by atoms with van der Waals surface area (Å²) in [5.41, 5.74) is 5.10. The van der Waals surface area contributed by atoms with E-state index in [1.807, 2.05) is 19.2 Å². The van der Waals surface area contributed by atoms with Gasteiger partial charge in [0, 0.05) is 4.47 Å². The topological polar surface area (TPSA) is 21.3 Å². The standard InChI is InChI=1S/C17H20BrNO/c1-11-5-6-13(9-12(11)2)17(19-3)15-8-7-14(20-4)10-16(15)18/h5-10,17,19H,1-4H3. The first-order valence-corrected chi connectivity index (χ1v) is 7.44. The van der Waals surface area contributed by atoms with Crippen LogP contribution in [0.1, 0.15) is 28.3 Å². The predicted octanol–water partition coefficient (Wildman–Crippen LogP) is 4.38. The molecule has 0 saturated heterocycles. The zero-order valence-corrected chi connectivity index (χ0v) is 13.9. The van der Waals surface area contributed by atoms with Crippen molar-refractivity contribution < 1.29 is 4.74 Å². The third-order valence-corrected chi connectivity index (χ3v) is 4.36. The largest absolute Gasteiger partial charge is 0.497 e. The molecule has 1 N–H and O–H groups in total. The molecule has 0 aliphatic carbocycles. The smallest absolute Gasteiger partial charge is 0.120 e. The Hall–Kier alpha value is -1.32. The fraction of sp³-hybridized carbons (Fsp3) is 0.294. The number of benzene rings is 2. The molecule has 20 heavy (non-hydrogen) atoms. The lowest BCUT2D eigenvalue weighted by atomic mass is 9.96. The van der Waals surface area contributed by atoms with E-state index in [4.69, 9.17) is 4.74 Å². The lowest BCUT2D eigenvalue weighted by molar-refractivity contribution is 0.414. The number of nitrogens with one attached hydrogen (secondary N) is 1. The molecule has 0 amide bonds. The fourth-order valence-electron chi connectivity index (χ4n) is 2.31. The molecule has 0 saturated carbocycles. The van der Waals surface area contributed by atoms with Gasteiger partial charge in [-0.1, -0.05) is 40.2 Å². The second kappa shape index (κ2) is 6.42. The van der Waals surface area contributed by atoms with Gasteiger partial charge in [0.15, 0.2) is 0 Å². The van der Waals surface area contributed by atoms with Gasteiger partial charge >= 0.3 is 0 Å². The summed E-state index contributed by atoms with van der Waals surface area (Å²) in [4.78, 5) is 0. The summed E-state index contributed by atoms with van der Waals surface area (Å²) >= 11 is 3.64. The Balaban J connectivity index is 2.43. The first kappa shape index (κ1) is 15.1. The maximum Gasteiger partial charge on any atom is 0.120 e. The summed E-state index contributed by atoms with van der Waals surface area (Å²) in [6.45, 7) is 4.28. The molecule has 0 aromatic heterocycles. The molecule has 0 spiro atoms. The van der Waals surface area contributed by atoms with Crippen molar-refractivity contribution in [3.05, 3.63) is 63.1 Å². The number of hydrogen-bond acceptors (Lipinski definition) is 2. The van der Waals surface area contributed by atoms with Crippen molar-refractivity contribution >= 4 is 15.9 Å². The molecule has 2 nitrogen and oxygen atoms in total. The van der Waals surface area contributed by atoms with Crippen molar-refractivity contribution in [2.75, 3.05) is 14.2 Å². The van der Waals surface area contributed by atoms with Crippen LogP contribution in [0.3, 0.4) is 0 Å². The molecule has 3 heteroatoms. The Bertz CT molecular complexity index is 610. The summed E-state index contributed by atoms with van der Waals surface area (Å²) in [5.74, 6) is 0.857. The highest BCUT2D eigenvalue weighted by Gasteiger charge is 2.16. The number of rotatable bonds is 4. The maximum absolute atomic E-state index is 5.25. The second-order valence-corrected chi connectivity index (χ2v) is 5.81. The highest BCUT2D eigenvalue weighted by molar-refractivity contribution is 9.10. The van der Waals surface area contributed by atoms with Crippen molar-refractivity contribution in [2.45, 2.75) is 19.9 Å². The van der Waals surface area contributed by atoms with E-state index in [9.17, 15) is 0 Å². The maximum atomic E-state index is 5.25. The Morgan fingerprint density at radius 3 is 2.35 bits per heavy atom. The van der Waals surface area contributed by atoms with Crippen LogP contribution in [0.2, 0.25) is 0 Å². The van der Waals surface area contributed by atoms with Crippen LogP contribution in [-0.2, 0) is 0 Å². The van der Waals surface area contributed by atoms with E-state index in [1.165, 1.54) is 22.3 Å². The molecule has 2 aromatic rings. The average molecular weight is 334 g/mol. The second-order valence-electron chi connectivity index (χ2n) is 4.95. The van der Waals surface area contributed by atoms with Gasteiger partial charge < -0.3 is 10.1 Å². The van der Waals surface area contributed by atoms with E-state index in [2.05, 4.69) is 59.4 Å². The average Bonchev–Trinajstić information content (AvgIpc) is 2.45. The minimum absolute atomic E-state index is 0.162. The zero-order valence-electron chi connectivity index (χ0n) is 12.3. The molecule has 0 radical (unpaired) electrons. The van der Waals surface area contributed by atoms with E-state index in [1.54, 1.807) is 7.11 Å². The summed E-state index contributed by atoms with van der Waals surface area (Å²) in [6, 6.07) is 12.8. The van der Waals surface area contributed by atoms with Crippen LogP contribution in [-0.4, -0.2) is 14.2 Å². The number of hydrogen-bond donors (Lipinski definition) is 1. The van der Waals surface area contributed by atoms with Gasteiger partial charge in [-0.2, -0.15) is 0 Å². The van der Waals surface area contributed by atoms with Gasteiger partial charge in [0.2, 0.25) is 0 Å². The van der Waals surface area contributed by atoms with Gasteiger partial charge in [-0.3, -0.25) is 0 Å². The summed E-state index contributed by atoms with van der Waals surface area (Å²) in [6.07, 6.45) is 0. The van der Waals surface area contributed by atoms with Crippen LogP contribution in [0.15, 0.2) is 40.9 Å². The van der Waals surface area contributed by atoms with E-state index >= 15 is 0 Å². The third kappa shape index (κ3) is 3.05. The van der Waals surface area contributed by atoms with Crippen LogP contribution in [0.5, 0.6) is 5.75 Å². The molecule has 0 bridgehead atoms. The van der Waals surface area contributed by atoms with Gasteiger partial charge in [-0.15, -0.1) is 0 Å². The van der Waals surface area contributed by atoms with Crippen LogP contribution >= 0.6 is 15.9 Å². The Kier molecular flexibility index (Phi) is 4.84. The zero-order chi connectivity index (χ0) is 14.7. The van der Waals surface area contributed by atoms with E-state index in [0.717, 1.165) is 10.2 Å². The number of methoxy groups -OCH3 is 1. The predicted molar refractivity (Wildman–Crippen MR) is 87.5 cm³/mol. The van der Waals surface area contributed by atoms with E-state index < -0.39 is 0 Å². The van der Waals surface area contributed by atoms with Gasteiger partial charge in [0.1, 0.15) is 5.75 Å². The fourth-order valence-corrected chi connectivity index (χ4v) is 2.90. The van der Waals surface area contributed by atoms with Gasteiger partial charge in [-0.25, -0.2) is 0 Å². The monoisotopic (exact) mass is 333 g/mol. The van der Waals surface area contributed by atoms with Crippen molar-refractivity contribution in [3.8, 4) is 5.75 Å². The van der Waals surface area contributed by atoms with Crippen molar-refractivity contribution in [2.24, 2.45) is 0 Å². The summed E-state index contributed by atoms with van der Waals surface area (Å²) in [5, 5.41) is 3.39. The van der Waals surface area contributed by atoms with Crippen molar-refractivity contribution in [1.29, 1.82) is 0 Å². The molecule has 0 aliphatic heterocycles. The first-order valence-electron chi connectivity index (χ1n) is 6.64. The molecule has 1 atom stereocenters. The lowest BCUT2D eigenvalue weighted by Crippen LogP contribution is -2.18. The van der Waals surface area contributed by atoms with Crippen molar-refractivity contribution in [3.63, 3.8) is 0 Å². The number of halogens is 1. The Morgan fingerprint density at radius 1 is 1.05 bits per heavy atom. The summed E-state index contributed by atoms with van der Waals surface area (Å²) < 4.78 is 6.30. The molecule has 106 valence electrons. The number of ether oxygens (including phenoxy) is 1. The van der Waals surface area contributed by atoms with Gasteiger partial charge in [0.25, 0.3) is 0 Å². The SMILES string of the molecule is CNC(c1ccc(C)c(C)c1)c1ccc(OC)cc1Br. The first-order chi connectivity index (χ1) is 9.56. The molecule has 2 aromatic carbocycles. The Morgan fingerprint density at radius 2 is 1.80 bits per heavy atom.